The standard InChI is InChI=1S/C15H25N3O/c1-12-6-7-14(19)13(16-12)10-18(4)11-15(17(2)3)8-5-9-15/h6-7,19H,5,8-11H2,1-4H3. The van der Waals surface area contributed by atoms with Gasteiger partial charge in [0.05, 0.1) is 5.69 Å². The molecule has 1 aliphatic carbocycles. The highest BCUT2D eigenvalue weighted by atomic mass is 16.3. The van der Waals surface area contributed by atoms with E-state index in [1.54, 1.807) is 6.07 Å². The van der Waals surface area contributed by atoms with Crippen molar-refractivity contribution in [1.82, 2.24) is 14.8 Å². The molecule has 1 aliphatic rings. The number of aryl methyl sites for hydroxylation is 1. The minimum absolute atomic E-state index is 0.296. The quantitative estimate of drug-likeness (QED) is 0.882. The first-order valence-corrected chi connectivity index (χ1v) is 6.94. The lowest BCUT2D eigenvalue weighted by Crippen LogP contribution is -2.56. The molecule has 0 bridgehead atoms. The molecule has 106 valence electrons. The van der Waals surface area contributed by atoms with Crippen LogP contribution in [0.2, 0.25) is 0 Å². The van der Waals surface area contributed by atoms with Crippen LogP contribution in [0, 0.1) is 6.92 Å². The van der Waals surface area contributed by atoms with Gasteiger partial charge in [0.15, 0.2) is 0 Å². The summed E-state index contributed by atoms with van der Waals surface area (Å²) in [7, 11) is 6.43. The van der Waals surface area contributed by atoms with Crippen LogP contribution < -0.4 is 0 Å². The van der Waals surface area contributed by atoms with Crippen molar-refractivity contribution in [2.24, 2.45) is 0 Å². The molecular weight excluding hydrogens is 238 g/mol. The average Bonchev–Trinajstić information content (AvgIpc) is 2.28. The van der Waals surface area contributed by atoms with E-state index in [1.807, 2.05) is 13.0 Å². The Morgan fingerprint density at radius 3 is 2.47 bits per heavy atom. The first-order valence-electron chi connectivity index (χ1n) is 6.94. The van der Waals surface area contributed by atoms with Crippen molar-refractivity contribution in [3.8, 4) is 5.75 Å². The number of aromatic hydroxyl groups is 1. The molecule has 19 heavy (non-hydrogen) atoms. The zero-order valence-corrected chi connectivity index (χ0v) is 12.5. The van der Waals surface area contributed by atoms with Crippen LogP contribution in [0.3, 0.4) is 0 Å². The van der Waals surface area contributed by atoms with Gasteiger partial charge < -0.3 is 10.0 Å². The molecule has 0 aliphatic heterocycles. The van der Waals surface area contributed by atoms with E-state index in [0.717, 1.165) is 17.9 Å². The highest BCUT2D eigenvalue weighted by molar-refractivity contribution is 5.27. The van der Waals surface area contributed by atoms with E-state index in [-0.39, 0.29) is 0 Å². The van der Waals surface area contributed by atoms with Crippen molar-refractivity contribution in [2.45, 2.75) is 38.3 Å². The van der Waals surface area contributed by atoms with Gasteiger partial charge in [-0.2, -0.15) is 0 Å². The van der Waals surface area contributed by atoms with E-state index in [4.69, 9.17) is 0 Å². The van der Waals surface area contributed by atoms with Gasteiger partial charge in [-0.1, -0.05) is 0 Å². The van der Waals surface area contributed by atoms with E-state index in [2.05, 4.69) is 35.9 Å². The van der Waals surface area contributed by atoms with E-state index in [9.17, 15) is 5.11 Å². The van der Waals surface area contributed by atoms with E-state index < -0.39 is 0 Å². The van der Waals surface area contributed by atoms with Gasteiger partial charge in [0.25, 0.3) is 0 Å². The second kappa shape index (κ2) is 5.47. The summed E-state index contributed by atoms with van der Waals surface area (Å²) in [5, 5.41) is 9.86. The van der Waals surface area contributed by atoms with E-state index in [1.165, 1.54) is 19.3 Å². The van der Waals surface area contributed by atoms with Crippen molar-refractivity contribution < 1.29 is 5.11 Å². The molecule has 4 heteroatoms. The molecule has 1 aromatic rings. The maximum absolute atomic E-state index is 9.86. The second-order valence-electron chi connectivity index (χ2n) is 6.06. The summed E-state index contributed by atoms with van der Waals surface area (Å²) in [4.78, 5) is 9.03. The third kappa shape index (κ3) is 3.07. The molecule has 0 aromatic carbocycles. The van der Waals surface area contributed by atoms with Crippen LogP contribution in [0.1, 0.15) is 30.7 Å². The highest BCUT2D eigenvalue weighted by Crippen LogP contribution is 2.36. The van der Waals surface area contributed by atoms with E-state index in [0.29, 0.717) is 17.8 Å². The number of pyridine rings is 1. The SMILES string of the molecule is Cc1ccc(O)c(CN(C)CC2(N(C)C)CCC2)n1. The second-order valence-corrected chi connectivity index (χ2v) is 6.06. The normalized spacial score (nSPS) is 17.8. The first-order chi connectivity index (χ1) is 8.93. The Labute approximate surface area is 116 Å². The molecule has 0 amide bonds. The molecule has 0 spiro atoms. The van der Waals surface area contributed by atoms with Crippen molar-refractivity contribution in [3.63, 3.8) is 0 Å². The summed E-state index contributed by atoms with van der Waals surface area (Å²) in [6.45, 7) is 3.67. The molecule has 1 N–H and O–H groups in total. The fourth-order valence-corrected chi connectivity index (χ4v) is 2.87. The lowest BCUT2D eigenvalue weighted by Gasteiger charge is -2.49. The van der Waals surface area contributed by atoms with Gasteiger partial charge in [-0.05, 0) is 59.5 Å². The lowest BCUT2D eigenvalue weighted by molar-refractivity contribution is 0.0254. The third-order valence-electron chi connectivity index (χ3n) is 4.31. The molecule has 4 nitrogen and oxygen atoms in total. The summed E-state index contributed by atoms with van der Waals surface area (Å²) in [6, 6.07) is 3.57. The maximum Gasteiger partial charge on any atom is 0.138 e. The van der Waals surface area contributed by atoms with Gasteiger partial charge in [0.1, 0.15) is 5.75 Å². The summed E-state index contributed by atoms with van der Waals surface area (Å²) in [5.41, 5.74) is 2.04. The molecule has 0 radical (unpaired) electrons. The lowest BCUT2D eigenvalue weighted by atomic mass is 9.75. The Kier molecular flexibility index (Phi) is 4.11. The fourth-order valence-electron chi connectivity index (χ4n) is 2.87. The van der Waals surface area contributed by atoms with Gasteiger partial charge in [-0.15, -0.1) is 0 Å². The number of hydrogen-bond acceptors (Lipinski definition) is 4. The number of hydrogen-bond donors (Lipinski definition) is 1. The number of rotatable bonds is 5. The van der Waals surface area contributed by atoms with Crippen molar-refractivity contribution in [1.29, 1.82) is 0 Å². The van der Waals surface area contributed by atoms with Crippen LogP contribution in [0.4, 0.5) is 0 Å². The van der Waals surface area contributed by atoms with Crippen molar-refractivity contribution in [2.75, 3.05) is 27.7 Å². The Morgan fingerprint density at radius 2 is 1.95 bits per heavy atom. The van der Waals surface area contributed by atoms with Gasteiger partial charge in [-0.25, -0.2) is 0 Å². The number of likely N-dealkylation sites (N-methyl/N-ethyl adjacent to an activating group) is 2. The molecule has 2 rings (SSSR count). The predicted octanol–water partition coefficient (Wildman–Crippen LogP) is 2.01. The predicted molar refractivity (Wildman–Crippen MR) is 77.2 cm³/mol. The fraction of sp³-hybridized carbons (Fsp3) is 0.667. The molecule has 0 saturated heterocycles. The van der Waals surface area contributed by atoms with Crippen LogP contribution in [0.15, 0.2) is 12.1 Å². The largest absolute Gasteiger partial charge is 0.506 e. The van der Waals surface area contributed by atoms with Gasteiger partial charge in [0, 0.05) is 24.3 Å². The zero-order chi connectivity index (χ0) is 14.0. The minimum Gasteiger partial charge on any atom is -0.506 e. The summed E-state index contributed by atoms with van der Waals surface area (Å²) in [6.07, 6.45) is 3.84. The zero-order valence-electron chi connectivity index (χ0n) is 12.5. The smallest absolute Gasteiger partial charge is 0.138 e. The molecule has 1 heterocycles. The van der Waals surface area contributed by atoms with Crippen LogP contribution >= 0.6 is 0 Å². The van der Waals surface area contributed by atoms with Gasteiger partial charge in [-0.3, -0.25) is 9.88 Å². The Bertz CT molecular complexity index is 441. The topological polar surface area (TPSA) is 39.6 Å². The number of aromatic nitrogens is 1. The maximum atomic E-state index is 9.86. The Balaban J connectivity index is 2.01. The van der Waals surface area contributed by atoms with Crippen LogP contribution in [-0.4, -0.2) is 53.1 Å². The highest BCUT2D eigenvalue weighted by Gasteiger charge is 2.39. The summed E-state index contributed by atoms with van der Waals surface area (Å²) >= 11 is 0. The Morgan fingerprint density at radius 1 is 1.26 bits per heavy atom. The molecule has 1 saturated carbocycles. The number of nitrogens with zero attached hydrogens (tertiary/aromatic N) is 3. The van der Waals surface area contributed by atoms with Gasteiger partial charge in [0.2, 0.25) is 0 Å². The average molecular weight is 263 g/mol. The molecular formula is C15H25N3O. The summed E-state index contributed by atoms with van der Waals surface area (Å²) < 4.78 is 0. The van der Waals surface area contributed by atoms with Gasteiger partial charge >= 0.3 is 0 Å². The third-order valence-corrected chi connectivity index (χ3v) is 4.31. The van der Waals surface area contributed by atoms with Crippen LogP contribution in [0.25, 0.3) is 0 Å². The van der Waals surface area contributed by atoms with Crippen molar-refractivity contribution >= 4 is 0 Å². The van der Waals surface area contributed by atoms with Crippen molar-refractivity contribution in [3.05, 3.63) is 23.5 Å². The molecule has 1 fully saturated rings. The summed E-state index contributed by atoms with van der Waals surface area (Å²) in [5.74, 6) is 0.296. The Hall–Kier alpha value is -1.13. The first kappa shape index (κ1) is 14.3. The van der Waals surface area contributed by atoms with Crippen LogP contribution in [0.5, 0.6) is 5.75 Å². The molecule has 0 unspecified atom stereocenters. The molecule has 0 atom stereocenters. The molecule has 1 aromatic heterocycles. The van der Waals surface area contributed by atoms with Crippen LogP contribution in [-0.2, 0) is 6.54 Å². The monoisotopic (exact) mass is 263 g/mol. The minimum atomic E-state index is 0.296. The van der Waals surface area contributed by atoms with E-state index >= 15 is 0 Å².